The molecule has 2 aromatic carbocycles. The van der Waals surface area contributed by atoms with Crippen LogP contribution in [-0.2, 0) is 11.3 Å². The minimum absolute atomic E-state index is 0.139. The Bertz CT molecular complexity index is 1040. The van der Waals surface area contributed by atoms with Gasteiger partial charge in [0, 0.05) is 25.2 Å². The second-order valence-electron chi connectivity index (χ2n) is 7.73. The fraction of sp³-hybridized carbons (Fsp3) is 0.320. The summed E-state index contributed by atoms with van der Waals surface area (Å²) in [6.45, 7) is 6.09. The molecular formula is C25H28N4O2S. The summed E-state index contributed by atoms with van der Waals surface area (Å²) in [5, 5.41) is 9.26. The summed E-state index contributed by atoms with van der Waals surface area (Å²) in [5.41, 5.74) is 1.91. The molecule has 1 aliphatic rings. The van der Waals surface area contributed by atoms with Crippen molar-refractivity contribution >= 4 is 17.7 Å². The van der Waals surface area contributed by atoms with Crippen LogP contribution in [0.3, 0.4) is 0 Å². The third-order valence-corrected chi connectivity index (χ3v) is 6.82. The molecule has 2 heterocycles. The Morgan fingerprint density at radius 3 is 2.47 bits per heavy atom. The van der Waals surface area contributed by atoms with Crippen molar-refractivity contribution in [2.24, 2.45) is 0 Å². The van der Waals surface area contributed by atoms with Gasteiger partial charge in [-0.05, 0) is 49.1 Å². The van der Waals surface area contributed by atoms with E-state index in [4.69, 9.17) is 4.74 Å². The SMILES string of the molecule is C=CCn1c(S[C@H](C(=O)N2CCCCC2)c2ccccc2)nnc1-c1ccc(OC)cc1. The minimum atomic E-state index is -0.370. The lowest BCUT2D eigenvalue weighted by atomic mass is 10.1. The molecule has 32 heavy (non-hydrogen) atoms. The highest BCUT2D eigenvalue weighted by Gasteiger charge is 2.30. The van der Waals surface area contributed by atoms with Crippen molar-refractivity contribution in [2.75, 3.05) is 20.2 Å². The normalized spacial score (nSPS) is 14.7. The average Bonchev–Trinajstić information content (AvgIpc) is 3.25. The highest BCUT2D eigenvalue weighted by Crippen LogP contribution is 2.38. The van der Waals surface area contributed by atoms with Crippen LogP contribution in [0, 0.1) is 0 Å². The van der Waals surface area contributed by atoms with Crippen LogP contribution in [-0.4, -0.2) is 45.8 Å². The van der Waals surface area contributed by atoms with Gasteiger partial charge in [-0.15, -0.1) is 16.8 Å². The maximum absolute atomic E-state index is 13.5. The zero-order valence-corrected chi connectivity index (χ0v) is 19.1. The first-order valence-corrected chi connectivity index (χ1v) is 11.8. The number of nitrogens with zero attached hydrogens (tertiary/aromatic N) is 4. The van der Waals surface area contributed by atoms with E-state index < -0.39 is 0 Å². The van der Waals surface area contributed by atoms with Crippen molar-refractivity contribution in [1.29, 1.82) is 0 Å². The van der Waals surface area contributed by atoms with E-state index in [9.17, 15) is 4.79 Å². The number of piperidine rings is 1. The third kappa shape index (κ3) is 4.88. The van der Waals surface area contributed by atoms with Crippen molar-refractivity contribution in [1.82, 2.24) is 19.7 Å². The number of carbonyl (C=O) groups is 1. The van der Waals surface area contributed by atoms with E-state index in [0.29, 0.717) is 11.7 Å². The van der Waals surface area contributed by atoms with Crippen molar-refractivity contribution in [3.05, 3.63) is 72.8 Å². The summed E-state index contributed by atoms with van der Waals surface area (Å²) in [6, 6.07) is 17.7. The lowest BCUT2D eigenvalue weighted by Crippen LogP contribution is -2.38. The summed E-state index contributed by atoms with van der Waals surface area (Å²) in [5.74, 6) is 1.67. The molecule has 6 nitrogen and oxygen atoms in total. The molecule has 0 radical (unpaired) electrons. The molecule has 1 aromatic heterocycles. The van der Waals surface area contributed by atoms with E-state index in [1.165, 1.54) is 18.2 Å². The van der Waals surface area contributed by atoms with E-state index >= 15 is 0 Å². The number of ether oxygens (including phenoxy) is 1. The van der Waals surface area contributed by atoms with E-state index in [1.807, 2.05) is 70.1 Å². The molecule has 1 saturated heterocycles. The van der Waals surface area contributed by atoms with Crippen LogP contribution in [0.25, 0.3) is 11.4 Å². The maximum Gasteiger partial charge on any atom is 0.240 e. The standard InChI is InChI=1S/C25H28N4O2S/c1-3-16-29-23(20-12-14-21(31-2)15-13-20)26-27-25(29)32-22(19-10-6-4-7-11-19)24(30)28-17-8-5-9-18-28/h3-4,6-7,10-15,22H,1,5,8-9,16-18H2,2H3/t22-/m0/s1. The number of amides is 1. The Hall–Kier alpha value is -3.06. The number of hydrogen-bond acceptors (Lipinski definition) is 5. The fourth-order valence-corrected chi connectivity index (χ4v) is 5.03. The molecule has 1 amide bonds. The summed E-state index contributed by atoms with van der Waals surface area (Å²) in [7, 11) is 1.65. The number of carbonyl (C=O) groups excluding carboxylic acids is 1. The molecule has 0 bridgehead atoms. The van der Waals surface area contributed by atoms with Crippen molar-refractivity contribution < 1.29 is 9.53 Å². The lowest BCUT2D eigenvalue weighted by molar-refractivity contribution is -0.131. The molecule has 4 rings (SSSR count). The molecule has 0 unspecified atom stereocenters. The second kappa shape index (κ2) is 10.5. The maximum atomic E-state index is 13.5. The van der Waals surface area contributed by atoms with Crippen LogP contribution in [0.15, 0.2) is 72.4 Å². The van der Waals surface area contributed by atoms with Crippen LogP contribution in [0.4, 0.5) is 0 Å². The van der Waals surface area contributed by atoms with E-state index in [1.54, 1.807) is 7.11 Å². The number of thioether (sulfide) groups is 1. The van der Waals surface area contributed by atoms with Crippen LogP contribution in [0.5, 0.6) is 5.75 Å². The fourth-order valence-electron chi connectivity index (χ4n) is 3.90. The van der Waals surface area contributed by atoms with E-state index in [0.717, 1.165) is 48.6 Å². The van der Waals surface area contributed by atoms with Crippen LogP contribution < -0.4 is 4.74 Å². The largest absolute Gasteiger partial charge is 0.497 e. The van der Waals surface area contributed by atoms with Gasteiger partial charge in [0.2, 0.25) is 5.91 Å². The Balaban J connectivity index is 1.67. The van der Waals surface area contributed by atoms with Gasteiger partial charge in [0.25, 0.3) is 0 Å². The van der Waals surface area contributed by atoms with Gasteiger partial charge in [-0.1, -0.05) is 48.2 Å². The van der Waals surface area contributed by atoms with Crippen LogP contribution in [0.2, 0.25) is 0 Å². The molecule has 0 spiro atoms. The lowest BCUT2D eigenvalue weighted by Gasteiger charge is -2.30. The van der Waals surface area contributed by atoms with Gasteiger partial charge < -0.3 is 9.64 Å². The predicted octanol–water partition coefficient (Wildman–Crippen LogP) is 4.99. The number of hydrogen-bond donors (Lipinski definition) is 0. The molecule has 1 fully saturated rings. The molecule has 0 N–H and O–H groups in total. The Morgan fingerprint density at radius 1 is 1.09 bits per heavy atom. The minimum Gasteiger partial charge on any atom is -0.497 e. The van der Waals surface area contributed by atoms with Crippen LogP contribution in [0.1, 0.15) is 30.1 Å². The van der Waals surface area contributed by atoms with Gasteiger partial charge in [-0.3, -0.25) is 9.36 Å². The second-order valence-corrected chi connectivity index (χ2v) is 8.80. The highest BCUT2D eigenvalue weighted by molar-refractivity contribution is 8.00. The average molecular weight is 449 g/mol. The van der Waals surface area contributed by atoms with Gasteiger partial charge >= 0.3 is 0 Å². The van der Waals surface area contributed by atoms with E-state index in [-0.39, 0.29) is 11.2 Å². The topological polar surface area (TPSA) is 60.2 Å². The van der Waals surface area contributed by atoms with Gasteiger partial charge in [-0.25, -0.2) is 0 Å². The molecule has 1 aliphatic heterocycles. The Labute approximate surface area is 193 Å². The zero-order valence-electron chi connectivity index (χ0n) is 18.3. The number of benzene rings is 2. The van der Waals surface area contributed by atoms with Gasteiger partial charge in [0.1, 0.15) is 11.0 Å². The highest BCUT2D eigenvalue weighted by atomic mass is 32.2. The Morgan fingerprint density at radius 2 is 1.81 bits per heavy atom. The molecule has 7 heteroatoms. The zero-order chi connectivity index (χ0) is 22.3. The molecule has 0 aliphatic carbocycles. The van der Waals surface area contributed by atoms with Crippen molar-refractivity contribution in [2.45, 2.75) is 36.2 Å². The summed E-state index contributed by atoms with van der Waals surface area (Å²) in [4.78, 5) is 15.5. The summed E-state index contributed by atoms with van der Waals surface area (Å²) < 4.78 is 7.28. The molecule has 0 saturated carbocycles. The van der Waals surface area contributed by atoms with E-state index in [2.05, 4.69) is 16.8 Å². The monoisotopic (exact) mass is 448 g/mol. The van der Waals surface area contributed by atoms with Crippen molar-refractivity contribution in [3.63, 3.8) is 0 Å². The molecule has 1 atom stereocenters. The molecule has 166 valence electrons. The number of rotatable bonds is 8. The first-order valence-electron chi connectivity index (χ1n) is 10.9. The van der Waals surface area contributed by atoms with Gasteiger partial charge in [-0.2, -0.15) is 0 Å². The van der Waals surface area contributed by atoms with Crippen molar-refractivity contribution in [3.8, 4) is 17.1 Å². The quantitative estimate of drug-likeness (QED) is 0.359. The third-order valence-electron chi connectivity index (χ3n) is 5.59. The first-order chi connectivity index (χ1) is 15.7. The number of likely N-dealkylation sites (tertiary alicyclic amines) is 1. The van der Waals surface area contributed by atoms with Gasteiger partial charge in [0.05, 0.1) is 7.11 Å². The predicted molar refractivity (Wildman–Crippen MR) is 128 cm³/mol. The number of allylic oxidation sites excluding steroid dienone is 1. The van der Waals surface area contributed by atoms with Gasteiger partial charge in [0.15, 0.2) is 11.0 Å². The summed E-state index contributed by atoms with van der Waals surface area (Å²) >= 11 is 1.46. The first kappa shape index (κ1) is 22.1. The number of aromatic nitrogens is 3. The summed E-state index contributed by atoms with van der Waals surface area (Å²) in [6.07, 6.45) is 5.13. The molecule has 3 aromatic rings. The number of methoxy groups -OCH3 is 1. The van der Waals surface area contributed by atoms with Crippen LogP contribution >= 0.6 is 11.8 Å². The molecular weight excluding hydrogens is 420 g/mol. The smallest absolute Gasteiger partial charge is 0.240 e. The Kier molecular flexibility index (Phi) is 7.27.